The number of benzene rings is 2. The topological polar surface area (TPSA) is 9.23 Å². The lowest BCUT2D eigenvalue weighted by molar-refractivity contribution is 0.381. The van der Waals surface area contributed by atoms with Gasteiger partial charge in [-0.15, -0.1) is 0 Å². The maximum absolute atomic E-state index is 13.7. The zero-order valence-corrected chi connectivity index (χ0v) is 10.9. The van der Waals surface area contributed by atoms with Gasteiger partial charge < -0.3 is 4.74 Å². The van der Waals surface area contributed by atoms with E-state index < -0.39 is 64.7 Å². The molecule has 2 aromatic carbocycles. The number of hydrogen-bond donors (Lipinski definition) is 0. The first-order valence-corrected chi connectivity index (χ1v) is 5.80. The third-order valence-electron chi connectivity index (χ3n) is 2.99. The molecule has 0 bridgehead atoms. The monoisotopic (exact) mass is 322 g/mol. The van der Waals surface area contributed by atoms with E-state index in [0.717, 1.165) is 7.11 Å². The Morgan fingerprint density at radius 2 is 1.23 bits per heavy atom. The lowest BCUT2D eigenvalue weighted by Gasteiger charge is -2.12. The molecule has 0 unspecified atom stereocenters. The van der Waals surface area contributed by atoms with Gasteiger partial charge in [0.1, 0.15) is 5.82 Å². The summed E-state index contributed by atoms with van der Waals surface area (Å²) in [5.74, 6) is -12.5. The number of rotatable bonds is 3. The third-order valence-corrected chi connectivity index (χ3v) is 2.99. The highest BCUT2D eigenvalue weighted by atomic mass is 19.2. The van der Waals surface area contributed by atoms with Gasteiger partial charge in [-0.1, -0.05) is 0 Å². The summed E-state index contributed by atoms with van der Waals surface area (Å²) in [4.78, 5) is 0. The summed E-state index contributed by atoms with van der Waals surface area (Å²) in [6.45, 7) is 0. The Morgan fingerprint density at radius 1 is 0.682 bits per heavy atom. The summed E-state index contributed by atoms with van der Waals surface area (Å²) < 4.78 is 98.0. The fourth-order valence-electron chi connectivity index (χ4n) is 1.95. The van der Waals surface area contributed by atoms with Gasteiger partial charge in [-0.05, 0) is 5.46 Å². The van der Waals surface area contributed by atoms with E-state index in [-0.39, 0.29) is 12.1 Å². The Labute approximate surface area is 120 Å². The normalized spacial score (nSPS) is 10.7. The van der Waals surface area contributed by atoms with Gasteiger partial charge in [-0.2, -0.15) is 0 Å². The molecule has 0 aliphatic carbocycles. The number of methoxy groups -OCH3 is 1. The highest BCUT2D eigenvalue weighted by Crippen LogP contribution is 2.18. The van der Waals surface area contributed by atoms with Gasteiger partial charge in [-0.25, -0.2) is 30.7 Å². The van der Waals surface area contributed by atoms with Gasteiger partial charge >= 0.3 is 0 Å². The minimum Gasteiger partial charge on any atom is -0.494 e. The lowest BCUT2D eigenvalue weighted by Crippen LogP contribution is -2.37. The highest BCUT2D eigenvalue weighted by Gasteiger charge is 2.26. The minimum atomic E-state index is -1.98. The first kappa shape index (κ1) is 16.2. The molecule has 0 aliphatic heterocycles. The Bertz CT molecular complexity index is 748. The van der Waals surface area contributed by atoms with Crippen molar-refractivity contribution in [3.05, 3.63) is 52.9 Å². The molecular formula is C13H6BF7O. The van der Waals surface area contributed by atoms with Crippen molar-refractivity contribution >= 4 is 18.2 Å². The van der Waals surface area contributed by atoms with E-state index in [1.165, 1.54) is 0 Å². The summed E-state index contributed by atoms with van der Waals surface area (Å²) in [5, 5.41) is 0. The van der Waals surface area contributed by atoms with Crippen molar-refractivity contribution in [3.63, 3.8) is 0 Å². The quantitative estimate of drug-likeness (QED) is 0.364. The average Bonchev–Trinajstić information content (AvgIpc) is 2.46. The molecule has 0 heterocycles. The van der Waals surface area contributed by atoms with Gasteiger partial charge in [0.2, 0.25) is 7.28 Å². The van der Waals surface area contributed by atoms with Crippen LogP contribution in [0.1, 0.15) is 0 Å². The van der Waals surface area contributed by atoms with Crippen molar-refractivity contribution < 1.29 is 35.5 Å². The van der Waals surface area contributed by atoms with Crippen LogP contribution in [0, 0.1) is 40.7 Å². The van der Waals surface area contributed by atoms with Gasteiger partial charge in [0, 0.05) is 17.6 Å². The molecule has 0 aliphatic rings. The Morgan fingerprint density at radius 3 is 1.82 bits per heavy atom. The van der Waals surface area contributed by atoms with Gasteiger partial charge in [-0.3, -0.25) is 0 Å². The Hall–Kier alpha value is -2.19. The molecule has 1 nitrogen and oxygen atoms in total. The predicted octanol–water partition coefficient (Wildman–Crippen LogP) is 2.06. The van der Waals surface area contributed by atoms with Gasteiger partial charge in [0.25, 0.3) is 0 Å². The zero-order valence-electron chi connectivity index (χ0n) is 10.9. The minimum absolute atomic E-state index is 0.0494. The second kappa shape index (κ2) is 5.90. The van der Waals surface area contributed by atoms with Crippen LogP contribution in [0.4, 0.5) is 30.7 Å². The zero-order chi connectivity index (χ0) is 16.6. The highest BCUT2D eigenvalue weighted by molar-refractivity contribution is 6.68. The number of ether oxygens (including phenoxy) is 1. The SMILES string of the molecule is COc1c(F)cc(F)c(F)c1Bc1c(F)cc(F)c(F)c1F. The van der Waals surface area contributed by atoms with Gasteiger partial charge in [0.15, 0.2) is 40.7 Å². The summed E-state index contributed by atoms with van der Waals surface area (Å²) in [6.07, 6.45) is 0. The second-order valence-electron chi connectivity index (χ2n) is 4.29. The number of hydrogen-bond acceptors (Lipinski definition) is 1. The van der Waals surface area contributed by atoms with Crippen LogP contribution in [0.15, 0.2) is 12.1 Å². The van der Waals surface area contributed by atoms with Crippen LogP contribution in [0.3, 0.4) is 0 Å². The van der Waals surface area contributed by atoms with E-state index >= 15 is 0 Å². The van der Waals surface area contributed by atoms with E-state index in [0.29, 0.717) is 0 Å². The van der Waals surface area contributed by atoms with Crippen LogP contribution in [0.25, 0.3) is 0 Å². The molecule has 0 aromatic heterocycles. The molecular weight excluding hydrogens is 316 g/mol. The Kier molecular flexibility index (Phi) is 4.34. The smallest absolute Gasteiger partial charge is 0.209 e. The molecule has 0 saturated heterocycles. The average molecular weight is 322 g/mol. The van der Waals surface area contributed by atoms with E-state index in [1.54, 1.807) is 0 Å². The van der Waals surface area contributed by atoms with Crippen LogP contribution in [0.2, 0.25) is 0 Å². The molecule has 0 radical (unpaired) electrons. The van der Waals surface area contributed by atoms with E-state index in [9.17, 15) is 30.7 Å². The first-order chi connectivity index (χ1) is 10.3. The maximum Gasteiger partial charge on any atom is 0.209 e. The molecule has 116 valence electrons. The summed E-state index contributed by atoms with van der Waals surface area (Å²) in [7, 11) is -0.143. The molecule has 0 amide bonds. The van der Waals surface area contributed by atoms with Crippen LogP contribution in [0.5, 0.6) is 5.75 Å². The number of halogens is 7. The lowest BCUT2D eigenvalue weighted by atomic mass is 9.62. The van der Waals surface area contributed by atoms with E-state index in [4.69, 9.17) is 0 Å². The van der Waals surface area contributed by atoms with Crippen molar-refractivity contribution in [1.82, 2.24) is 0 Å². The molecule has 22 heavy (non-hydrogen) atoms. The van der Waals surface area contributed by atoms with E-state index in [2.05, 4.69) is 4.74 Å². The molecule has 0 fully saturated rings. The predicted molar refractivity (Wildman–Crippen MR) is 65.6 cm³/mol. The fraction of sp³-hybridized carbons (Fsp3) is 0.0769. The van der Waals surface area contributed by atoms with E-state index in [1.807, 2.05) is 0 Å². The maximum atomic E-state index is 13.7. The molecule has 0 saturated carbocycles. The first-order valence-electron chi connectivity index (χ1n) is 5.80. The fourth-order valence-corrected chi connectivity index (χ4v) is 1.95. The van der Waals surface area contributed by atoms with Gasteiger partial charge in [0.05, 0.1) is 7.11 Å². The molecule has 0 spiro atoms. The van der Waals surface area contributed by atoms with Crippen molar-refractivity contribution in [2.45, 2.75) is 0 Å². The van der Waals surface area contributed by atoms with Crippen LogP contribution < -0.4 is 15.7 Å². The summed E-state index contributed by atoms with van der Waals surface area (Å²) in [5.41, 5.74) is -1.94. The summed E-state index contributed by atoms with van der Waals surface area (Å²) >= 11 is 0. The van der Waals surface area contributed by atoms with Crippen molar-refractivity contribution in [2.24, 2.45) is 0 Å². The van der Waals surface area contributed by atoms with Crippen LogP contribution >= 0.6 is 0 Å². The molecule has 0 N–H and O–H groups in total. The summed E-state index contributed by atoms with van der Waals surface area (Å²) in [6, 6.07) is 0.239. The third kappa shape index (κ3) is 2.62. The van der Waals surface area contributed by atoms with Crippen molar-refractivity contribution in [2.75, 3.05) is 7.11 Å². The second-order valence-corrected chi connectivity index (χ2v) is 4.29. The van der Waals surface area contributed by atoms with Crippen molar-refractivity contribution in [3.8, 4) is 5.75 Å². The van der Waals surface area contributed by atoms with Crippen molar-refractivity contribution in [1.29, 1.82) is 0 Å². The largest absolute Gasteiger partial charge is 0.494 e. The Balaban J connectivity index is 2.64. The van der Waals surface area contributed by atoms with Crippen LogP contribution in [-0.2, 0) is 0 Å². The standard InChI is InChI=1S/C13H6BF7O/c1-22-13-7(18)3-5(16)10(19)9(13)14-8-4(15)2-6(17)11(20)12(8)21/h2-3,14H,1H3. The molecule has 9 heteroatoms. The van der Waals surface area contributed by atoms with Crippen LogP contribution in [-0.4, -0.2) is 14.4 Å². The molecule has 0 atom stereocenters. The molecule has 2 aromatic rings. The molecule has 2 rings (SSSR count).